The summed E-state index contributed by atoms with van der Waals surface area (Å²) in [5.41, 5.74) is -0.800. The van der Waals surface area contributed by atoms with Crippen molar-refractivity contribution in [1.82, 2.24) is 0 Å². The molecular formula is C14H17NO6. The first-order chi connectivity index (χ1) is 10.1. The Labute approximate surface area is 121 Å². The summed E-state index contributed by atoms with van der Waals surface area (Å²) in [7, 11) is 0. The molecule has 0 bridgehead atoms. The topological polar surface area (TPSA) is 98.9 Å². The monoisotopic (exact) mass is 295 g/mol. The maximum Gasteiger partial charge on any atom is 0.342 e. The number of aromatic carboxylic acids is 1. The minimum atomic E-state index is -1.34. The highest BCUT2D eigenvalue weighted by molar-refractivity contribution is 5.92. The lowest BCUT2D eigenvalue weighted by molar-refractivity contribution is -0.385. The SMILES string of the molecule is O=C(O)c1cc(OCCCC2CCCO2)ccc1[N+](=O)[O-]. The van der Waals surface area contributed by atoms with E-state index in [1.54, 1.807) is 0 Å². The number of nitro groups is 1. The molecule has 7 heteroatoms. The summed E-state index contributed by atoms with van der Waals surface area (Å²) in [6, 6.07) is 3.75. The number of nitro benzene ring substituents is 1. The summed E-state index contributed by atoms with van der Waals surface area (Å²) in [5, 5.41) is 19.7. The first-order valence-electron chi connectivity index (χ1n) is 6.84. The normalized spacial score (nSPS) is 17.6. The van der Waals surface area contributed by atoms with Crippen molar-refractivity contribution in [2.45, 2.75) is 31.8 Å². The van der Waals surface area contributed by atoms with Gasteiger partial charge >= 0.3 is 5.97 Å². The van der Waals surface area contributed by atoms with Crippen molar-refractivity contribution in [1.29, 1.82) is 0 Å². The summed E-state index contributed by atoms with van der Waals surface area (Å²) in [6.45, 7) is 1.24. The fraction of sp³-hybridized carbons (Fsp3) is 0.500. The average Bonchev–Trinajstić information content (AvgIpc) is 2.96. The highest BCUT2D eigenvalue weighted by atomic mass is 16.6. The molecule has 1 atom stereocenters. The predicted octanol–water partition coefficient (Wildman–Crippen LogP) is 2.63. The van der Waals surface area contributed by atoms with E-state index in [4.69, 9.17) is 14.6 Å². The van der Waals surface area contributed by atoms with Crippen LogP contribution in [0.4, 0.5) is 5.69 Å². The standard InChI is InChI=1S/C14H17NO6/c16-14(17)12-9-11(5-6-13(12)15(18)19)21-8-2-4-10-3-1-7-20-10/h5-6,9-10H,1-4,7-8H2,(H,16,17). The van der Waals surface area contributed by atoms with Gasteiger partial charge in [-0.2, -0.15) is 0 Å². The van der Waals surface area contributed by atoms with Gasteiger partial charge in [0.2, 0.25) is 0 Å². The molecule has 0 saturated carbocycles. The predicted molar refractivity (Wildman–Crippen MR) is 73.8 cm³/mol. The maximum atomic E-state index is 11.0. The van der Waals surface area contributed by atoms with Crippen LogP contribution in [0, 0.1) is 10.1 Å². The number of hydrogen-bond acceptors (Lipinski definition) is 5. The van der Waals surface area contributed by atoms with E-state index in [9.17, 15) is 14.9 Å². The van der Waals surface area contributed by atoms with Crippen molar-refractivity contribution in [2.24, 2.45) is 0 Å². The minimum absolute atomic E-state index is 0.292. The van der Waals surface area contributed by atoms with Crippen LogP contribution < -0.4 is 4.74 Å². The lowest BCUT2D eigenvalue weighted by Crippen LogP contribution is -2.08. The summed E-state index contributed by atoms with van der Waals surface area (Å²) in [4.78, 5) is 21.0. The van der Waals surface area contributed by atoms with E-state index in [-0.39, 0.29) is 5.56 Å². The Balaban J connectivity index is 1.89. The second-order valence-corrected chi connectivity index (χ2v) is 4.87. The third-order valence-electron chi connectivity index (χ3n) is 3.36. The van der Waals surface area contributed by atoms with Crippen LogP contribution >= 0.6 is 0 Å². The van der Waals surface area contributed by atoms with Gasteiger partial charge in [0, 0.05) is 18.7 Å². The third kappa shape index (κ3) is 4.16. The molecule has 1 aliphatic heterocycles. The van der Waals surface area contributed by atoms with E-state index < -0.39 is 16.6 Å². The van der Waals surface area contributed by atoms with E-state index in [1.165, 1.54) is 12.1 Å². The van der Waals surface area contributed by atoms with Gasteiger partial charge in [-0.15, -0.1) is 0 Å². The summed E-state index contributed by atoms with van der Waals surface area (Å²) >= 11 is 0. The molecule has 0 aromatic heterocycles. The number of carboxylic acid groups (broad SMARTS) is 1. The molecule has 1 N–H and O–H groups in total. The lowest BCUT2D eigenvalue weighted by Gasteiger charge is -2.10. The molecule has 0 aliphatic carbocycles. The number of rotatable bonds is 7. The van der Waals surface area contributed by atoms with E-state index >= 15 is 0 Å². The zero-order valence-electron chi connectivity index (χ0n) is 11.5. The molecule has 0 amide bonds. The Morgan fingerprint density at radius 3 is 2.95 bits per heavy atom. The molecule has 1 unspecified atom stereocenters. The zero-order valence-corrected chi connectivity index (χ0v) is 11.5. The number of carboxylic acids is 1. The van der Waals surface area contributed by atoms with Gasteiger partial charge in [0.25, 0.3) is 5.69 Å². The molecule has 114 valence electrons. The van der Waals surface area contributed by atoms with Gasteiger partial charge in [0.15, 0.2) is 0 Å². The fourth-order valence-corrected chi connectivity index (χ4v) is 2.31. The third-order valence-corrected chi connectivity index (χ3v) is 3.36. The van der Waals surface area contributed by atoms with Crippen molar-refractivity contribution in [2.75, 3.05) is 13.2 Å². The van der Waals surface area contributed by atoms with Crippen molar-refractivity contribution in [3.63, 3.8) is 0 Å². The van der Waals surface area contributed by atoms with Crippen LogP contribution in [0.1, 0.15) is 36.0 Å². The molecule has 1 heterocycles. The molecule has 21 heavy (non-hydrogen) atoms. The molecule has 7 nitrogen and oxygen atoms in total. The van der Waals surface area contributed by atoms with Gasteiger partial charge in [-0.1, -0.05) is 0 Å². The van der Waals surface area contributed by atoms with Crippen LogP contribution in [0.2, 0.25) is 0 Å². The Kier molecular flexibility index (Phi) is 5.10. The van der Waals surface area contributed by atoms with Crippen molar-refractivity contribution in [3.05, 3.63) is 33.9 Å². The minimum Gasteiger partial charge on any atom is -0.494 e. The number of hydrogen-bond donors (Lipinski definition) is 1. The number of nitrogens with zero attached hydrogens (tertiary/aromatic N) is 1. The number of benzene rings is 1. The second kappa shape index (κ2) is 7.03. The summed E-state index contributed by atoms with van der Waals surface area (Å²) in [5.74, 6) is -1.02. The van der Waals surface area contributed by atoms with Gasteiger partial charge in [-0.3, -0.25) is 10.1 Å². The molecule has 2 rings (SSSR count). The van der Waals surface area contributed by atoms with Gasteiger partial charge < -0.3 is 14.6 Å². The smallest absolute Gasteiger partial charge is 0.342 e. The van der Waals surface area contributed by atoms with E-state index in [2.05, 4.69) is 0 Å². The van der Waals surface area contributed by atoms with Crippen LogP contribution in [0.5, 0.6) is 5.75 Å². The van der Waals surface area contributed by atoms with Crippen LogP contribution in [0.3, 0.4) is 0 Å². The highest BCUT2D eigenvalue weighted by Crippen LogP contribution is 2.24. The Morgan fingerprint density at radius 2 is 2.33 bits per heavy atom. The van der Waals surface area contributed by atoms with E-state index in [1.807, 2.05) is 0 Å². The van der Waals surface area contributed by atoms with Crippen molar-refractivity contribution in [3.8, 4) is 5.75 Å². The van der Waals surface area contributed by atoms with Gasteiger partial charge in [-0.25, -0.2) is 4.79 Å². The molecule has 1 aliphatic rings. The van der Waals surface area contributed by atoms with Gasteiger partial charge in [0.1, 0.15) is 11.3 Å². The second-order valence-electron chi connectivity index (χ2n) is 4.87. The van der Waals surface area contributed by atoms with Crippen LogP contribution in [0.15, 0.2) is 18.2 Å². The molecule has 1 aromatic rings. The van der Waals surface area contributed by atoms with Crippen LogP contribution in [0.25, 0.3) is 0 Å². The zero-order chi connectivity index (χ0) is 15.2. The molecule has 1 saturated heterocycles. The van der Waals surface area contributed by atoms with Crippen molar-refractivity contribution >= 4 is 11.7 Å². The maximum absolute atomic E-state index is 11.0. The van der Waals surface area contributed by atoms with Gasteiger partial charge in [0.05, 0.1) is 17.6 Å². The molecular weight excluding hydrogens is 278 g/mol. The molecule has 0 radical (unpaired) electrons. The Hall–Kier alpha value is -2.15. The Bertz CT molecular complexity index is 524. The lowest BCUT2D eigenvalue weighted by atomic mass is 10.1. The summed E-state index contributed by atoms with van der Waals surface area (Å²) < 4.78 is 10.9. The number of ether oxygens (including phenoxy) is 2. The Morgan fingerprint density at radius 1 is 1.52 bits per heavy atom. The van der Waals surface area contributed by atoms with E-state index in [0.717, 1.165) is 38.4 Å². The quantitative estimate of drug-likeness (QED) is 0.471. The first kappa shape index (κ1) is 15.2. The highest BCUT2D eigenvalue weighted by Gasteiger charge is 2.20. The van der Waals surface area contributed by atoms with Gasteiger partial charge in [-0.05, 0) is 31.7 Å². The fourth-order valence-electron chi connectivity index (χ4n) is 2.31. The number of carbonyl (C=O) groups is 1. The average molecular weight is 295 g/mol. The van der Waals surface area contributed by atoms with Crippen LogP contribution in [-0.4, -0.2) is 35.3 Å². The molecule has 1 fully saturated rings. The largest absolute Gasteiger partial charge is 0.494 e. The van der Waals surface area contributed by atoms with E-state index in [0.29, 0.717) is 18.5 Å². The summed E-state index contributed by atoms with van der Waals surface area (Å²) in [6.07, 6.45) is 4.15. The van der Waals surface area contributed by atoms with Crippen LogP contribution in [-0.2, 0) is 4.74 Å². The van der Waals surface area contributed by atoms with Crippen molar-refractivity contribution < 1.29 is 24.3 Å². The first-order valence-corrected chi connectivity index (χ1v) is 6.84. The molecule has 0 spiro atoms. The molecule has 1 aromatic carbocycles.